The predicted octanol–water partition coefficient (Wildman–Crippen LogP) is 3.06. The minimum atomic E-state index is -3.67. The highest BCUT2D eigenvalue weighted by Crippen LogP contribution is 2.03. The second-order valence-electron chi connectivity index (χ2n) is 2.85. The highest BCUT2D eigenvalue weighted by atomic mass is 19.4. The fourth-order valence-corrected chi connectivity index (χ4v) is 1.34. The lowest BCUT2D eigenvalue weighted by Gasteiger charge is -2.34. The van der Waals surface area contributed by atoms with Gasteiger partial charge in [0.05, 0.1) is 26.2 Å². The van der Waals surface area contributed by atoms with E-state index in [1.165, 1.54) is 30.7 Å². The molecule has 1 nitrogen and oxygen atoms in total. The molecule has 0 heterocycles. The molecule has 13 heavy (non-hydrogen) atoms. The van der Waals surface area contributed by atoms with E-state index in [1.54, 1.807) is 0 Å². The fourth-order valence-electron chi connectivity index (χ4n) is 1.34. The molecule has 0 saturated carbocycles. The molecule has 0 rings (SSSR count). The van der Waals surface area contributed by atoms with Gasteiger partial charge in [0.25, 0.3) is 0 Å². The number of hydrogen-bond acceptors (Lipinski definition) is 0. The van der Waals surface area contributed by atoms with Crippen molar-refractivity contribution in [3.63, 3.8) is 0 Å². The van der Waals surface area contributed by atoms with Crippen LogP contribution in [0.3, 0.4) is 0 Å². The zero-order chi connectivity index (χ0) is 10.9. The van der Waals surface area contributed by atoms with E-state index in [1.807, 2.05) is 0 Å². The Morgan fingerprint density at radius 2 is 0.923 bits per heavy atom. The Bertz CT molecular complexity index is 82.8. The normalized spacial score (nSPS) is 11.1. The number of hydrogen-bond donors (Lipinski definition) is 0. The van der Waals surface area contributed by atoms with Gasteiger partial charge in [0.2, 0.25) is 0 Å². The van der Waals surface area contributed by atoms with Crippen molar-refractivity contribution < 1.29 is 17.7 Å². The van der Waals surface area contributed by atoms with Gasteiger partial charge < -0.3 is 4.48 Å². The quantitative estimate of drug-likeness (QED) is 0.612. The second-order valence-corrected chi connectivity index (χ2v) is 2.85. The zero-order valence-corrected chi connectivity index (χ0v) is 8.99. The van der Waals surface area contributed by atoms with E-state index in [2.05, 4.69) is 27.7 Å². The van der Waals surface area contributed by atoms with Crippen molar-refractivity contribution in [2.24, 2.45) is 0 Å². The first-order valence-corrected chi connectivity index (χ1v) is 4.75. The molecule has 0 aliphatic rings. The Morgan fingerprint density at radius 3 is 0.923 bits per heavy atom. The van der Waals surface area contributed by atoms with Gasteiger partial charge in [0.15, 0.2) is 0 Å². The predicted molar refractivity (Wildman–Crippen MR) is 49.5 cm³/mol. The molecule has 0 amide bonds. The van der Waals surface area contributed by atoms with Gasteiger partial charge in [0.1, 0.15) is 0 Å². The fraction of sp³-hybridized carbons (Fsp3) is 1.00. The van der Waals surface area contributed by atoms with E-state index in [0.717, 1.165) is 0 Å². The summed E-state index contributed by atoms with van der Waals surface area (Å²) in [6, 6.07) is 0. The van der Waals surface area contributed by atoms with Gasteiger partial charge in [-0.15, -0.1) is 0 Å². The monoisotopic (exact) mass is 200 g/mol. The third kappa shape index (κ3) is 8.09. The van der Waals surface area contributed by atoms with Crippen LogP contribution in [0.4, 0.5) is 13.2 Å². The minimum Gasteiger partial charge on any atom is -0.325 e. The summed E-state index contributed by atoms with van der Waals surface area (Å²) in [6.45, 7) is 10.6. The maximum absolute atomic E-state index is 9.67. The lowest BCUT2D eigenvalue weighted by molar-refractivity contribution is -0.921. The van der Waals surface area contributed by atoms with Crippen LogP contribution in [-0.2, 0) is 0 Å². The first kappa shape index (κ1) is 15.2. The Morgan fingerprint density at radius 1 is 0.769 bits per heavy atom. The first-order valence-electron chi connectivity index (χ1n) is 4.75. The van der Waals surface area contributed by atoms with Crippen LogP contribution in [0.15, 0.2) is 0 Å². The molecule has 4 heteroatoms. The van der Waals surface area contributed by atoms with Gasteiger partial charge in [-0.1, -0.05) is 0 Å². The standard InChI is InChI=1S/C8H20N.CHF3/c1-5-9(6-2,7-3)8-4;2-1(3)4/h5-8H2,1-4H3;1H/q+1;. The van der Waals surface area contributed by atoms with E-state index >= 15 is 0 Å². The van der Waals surface area contributed by atoms with Crippen molar-refractivity contribution in [1.29, 1.82) is 0 Å². The highest BCUT2D eigenvalue weighted by molar-refractivity contribution is 4.31. The summed E-state index contributed by atoms with van der Waals surface area (Å²) in [5, 5.41) is 0. The number of nitrogens with zero attached hydrogens (tertiary/aromatic N) is 1. The molecule has 0 aliphatic heterocycles. The van der Waals surface area contributed by atoms with Crippen molar-refractivity contribution in [1.82, 2.24) is 0 Å². The summed E-state index contributed by atoms with van der Waals surface area (Å²) in [6.07, 6.45) is 0. The summed E-state index contributed by atoms with van der Waals surface area (Å²) in [5.41, 5.74) is 0. The molecule has 0 saturated heterocycles. The summed E-state index contributed by atoms with van der Waals surface area (Å²) in [4.78, 5) is 0. The summed E-state index contributed by atoms with van der Waals surface area (Å²) >= 11 is 0. The SMILES string of the molecule is CC[N+](CC)(CC)CC.FC(F)F. The van der Waals surface area contributed by atoms with Gasteiger partial charge in [-0.3, -0.25) is 0 Å². The maximum Gasteiger partial charge on any atom is 0.379 e. The van der Waals surface area contributed by atoms with Crippen molar-refractivity contribution in [2.45, 2.75) is 34.4 Å². The molecule has 0 bridgehead atoms. The molecule has 0 aromatic rings. The van der Waals surface area contributed by atoms with Crippen LogP contribution in [0.5, 0.6) is 0 Å². The van der Waals surface area contributed by atoms with E-state index < -0.39 is 6.68 Å². The lowest BCUT2D eigenvalue weighted by Crippen LogP contribution is -2.47. The zero-order valence-electron chi connectivity index (χ0n) is 8.99. The number of halogens is 3. The van der Waals surface area contributed by atoms with Crippen molar-refractivity contribution in [3.8, 4) is 0 Å². The van der Waals surface area contributed by atoms with E-state index in [0.29, 0.717) is 0 Å². The largest absolute Gasteiger partial charge is 0.379 e. The summed E-state index contributed by atoms with van der Waals surface area (Å²) in [7, 11) is 0. The van der Waals surface area contributed by atoms with Crippen LogP contribution in [0.1, 0.15) is 27.7 Å². The molecule has 0 unspecified atom stereocenters. The molecule has 0 radical (unpaired) electrons. The molecule has 0 aliphatic carbocycles. The van der Waals surface area contributed by atoms with Crippen molar-refractivity contribution >= 4 is 0 Å². The van der Waals surface area contributed by atoms with E-state index in [9.17, 15) is 13.2 Å². The first-order chi connectivity index (χ1) is 5.97. The van der Waals surface area contributed by atoms with Gasteiger partial charge in [-0.25, -0.2) is 0 Å². The third-order valence-corrected chi connectivity index (χ3v) is 2.68. The molecule has 0 atom stereocenters. The van der Waals surface area contributed by atoms with Crippen LogP contribution < -0.4 is 0 Å². The van der Waals surface area contributed by atoms with Crippen molar-refractivity contribution in [2.75, 3.05) is 26.2 Å². The topological polar surface area (TPSA) is 0 Å². The number of quaternary nitrogens is 1. The van der Waals surface area contributed by atoms with Gasteiger partial charge >= 0.3 is 6.68 Å². The van der Waals surface area contributed by atoms with E-state index in [-0.39, 0.29) is 0 Å². The average molecular weight is 200 g/mol. The number of alkyl halides is 3. The molecule has 82 valence electrons. The Kier molecular flexibility index (Phi) is 9.79. The van der Waals surface area contributed by atoms with Crippen LogP contribution in [0, 0.1) is 0 Å². The molecule has 0 aromatic carbocycles. The molecular formula is C9H21F3N+. The Hall–Kier alpha value is -0.250. The van der Waals surface area contributed by atoms with Crippen LogP contribution >= 0.6 is 0 Å². The summed E-state index contributed by atoms with van der Waals surface area (Å²) in [5.74, 6) is 0. The molecule has 0 spiro atoms. The van der Waals surface area contributed by atoms with E-state index in [4.69, 9.17) is 0 Å². The molecule has 0 N–H and O–H groups in total. The Balaban J connectivity index is 0. The van der Waals surface area contributed by atoms with Crippen LogP contribution in [0.25, 0.3) is 0 Å². The second kappa shape index (κ2) is 8.35. The lowest BCUT2D eigenvalue weighted by atomic mass is 10.3. The summed E-state index contributed by atoms with van der Waals surface area (Å²) < 4.78 is 30.3. The Labute approximate surface area is 79.1 Å². The number of rotatable bonds is 4. The van der Waals surface area contributed by atoms with Crippen molar-refractivity contribution in [3.05, 3.63) is 0 Å². The smallest absolute Gasteiger partial charge is 0.325 e. The molecule has 0 fully saturated rings. The van der Waals surface area contributed by atoms with Crippen LogP contribution in [0.2, 0.25) is 0 Å². The van der Waals surface area contributed by atoms with Gasteiger partial charge in [-0.05, 0) is 27.7 Å². The van der Waals surface area contributed by atoms with Gasteiger partial charge in [-0.2, -0.15) is 13.2 Å². The van der Waals surface area contributed by atoms with Gasteiger partial charge in [0, 0.05) is 0 Å². The highest BCUT2D eigenvalue weighted by Gasteiger charge is 2.16. The minimum absolute atomic E-state index is 1.28. The average Bonchev–Trinajstić information content (AvgIpc) is 2.09. The van der Waals surface area contributed by atoms with Crippen LogP contribution in [-0.4, -0.2) is 37.3 Å². The molecular weight excluding hydrogens is 179 g/mol. The third-order valence-electron chi connectivity index (χ3n) is 2.68. The molecule has 0 aromatic heterocycles. The maximum atomic E-state index is 9.67.